The van der Waals surface area contributed by atoms with Crippen LogP contribution in [-0.2, 0) is 6.54 Å². The molecule has 1 aromatic rings. The van der Waals surface area contributed by atoms with Crippen LogP contribution in [-0.4, -0.2) is 33.0 Å². The van der Waals surface area contributed by atoms with E-state index in [1.54, 1.807) is 0 Å². The van der Waals surface area contributed by atoms with E-state index < -0.39 is 0 Å². The Morgan fingerprint density at radius 2 is 2.15 bits per heavy atom. The molecule has 2 heterocycles. The minimum Gasteiger partial charge on any atom is -0.309 e. The van der Waals surface area contributed by atoms with Crippen molar-refractivity contribution in [1.82, 2.24) is 20.3 Å². The molecule has 2 rings (SSSR count). The van der Waals surface area contributed by atoms with E-state index in [0.717, 1.165) is 25.4 Å². The van der Waals surface area contributed by atoms with Gasteiger partial charge in [-0.3, -0.25) is 0 Å². The Morgan fingerprint density at radius 3 is 2.85 bits per heavy atom. The fourth-order valence-electron chi connectivity index (χ4n) is 2.86. The molecule has 1 aliphatic rings. The third-order valence-corrected chi connectivity index (χ3v) is 5.04. The number of hydrogen-bond donors (Lipinski definition) is 1. The van der Waals surface area contributed by atoms with Crippen molar-refractivity contribution in [3.8, 4) is 0 Å². The molecule has 1 unspecified atom stereocenters. The van der Waals surface area contributed by atoms with Crippen molar-refractivity contribution < 1.29 is 0 Å². The highest BCUT2D eigenvalue weighted by Gasteiger charge is 2.22. The van der Waals surface area contributed by atoms with Crippen LogP contribution in [0.3, 0.4) is 0 Å². The molecule has 0 saturated carbocycles. The Labute approximate surface area is 127 Å². The van der Waals surface area contributed by atoms with Crippen LogP contribution >= 0.6 is 11.8 Å². The Balaban J connectivity index is 2.02. The summed E-state index contributed by atoms with van der Waals surface area (Å²) in [6.45, 7) is 6.46. The van der Waals surface area contributed by atoms with Gasteiger partial charge in [-0.15, -0.1) is 5.10 Å². The van der Waals surface area contributed by atoms with Crippen LogP contribution in [0.15, 0.2) is 6.20 Å². The summed E-state index contributed by atoms with van der Waals surface area (Å²) in [4.78, 5) is 0. The van der Waals surface area contributed by atoms with Gasteiger partial charge in [-0.05, 0) is 56.1 Å². The molecule has 0 bridgehead atoms. The Morgan fingerprint density at radius 1 is 1.35 bits per heavy atom. The van der Waals surface area contributed by atoms with Gasteiger partial charge in [0.05, 0.1) is 17.9 Å². The Kier molecular flexibility index (Phi) is 6.87. The smallest absolute Gasteiger partial charge is 0.0756 e. The summed E-state index contributed by atoms with van der Waals surface area (Å²) in [7, 11) is 0. The van der Waals surface area contributed by atoms with Gasteiger partial charge in [0.1, 0.15) is 0 Å². The maximum absolute atomic E-state index is 4.25. The molecule has 0 aliphatic carbocycles. The van der Waals surface area contributed by atoms with E-state index in [-0.39, 0.29) is 0 Å². The third kappa shape index (κ3) is 4.48. The standard InChI is InChI=1S/C15H28N4S/c1-3-7-16-14(11-13-5-9-20-10-6-13)15-12-17-18-19(15)8-4-2/h12-14,16H,3-11H2,1-2H3. The Bertz CT molecular complexity index is 374. The monoisotopic (exact) mass is 296 g/mol. The van der Waals surface area contributed by atoms with E-state index in [0.29, 0.717) is 6.04 Å². The summed E-state index contributed by atoms with van der Waals surface area (Å²) in [5.74, 6) is 3.52. The number of nitrogens with zero attached hydrogens (tertiary/aromatic N) is 3. The zero-order valence-electron chi connectivity index (χ0n) is 12.8. The van der Waals surface area contributed by atoms with Crippen molar-refractivity contribution in [2.75, 3.05) is 18.1 Å². The topological polar surface area (TPSA) is 42.7 Å². The van der Waals surface area contributed by atoms with Crippen molar-refractivity contribution in [3.05, 3.63) is 11.9 Å². The van der Waals surface area contributed by atoms with Crippen LogP contribution in [0.25, 0.3) is 0 Å². The van der Waals surface area contributed by atoms with Crippen molar-refractivity contribution in [2.45, 2.75) is 58.5 Å². The highest BCUT2D eigenvalue weighted by molar-refractivity contribution is 7.99. The fourth-order valence-corrected chi connectivity index (χ4v) is 4.07. The van der Waals surface area contributed by atoms with E-state index in [4.69, 9.17) is 0 Å². The SMILES string of the molecule is CCCNC(CC1CCSCC1)c1cnnn1CCC. The molecule has 0 spiro atoms. The second-order valence-corrected chi connectivity index (χ2v) is 6.90. The maximum atomic E-state index is 4.25. The molecule has 0 aromatic carbocycles. The number of nitrogens with one attached hydrogen (secondary N) is 1. The first-order chi connectivity index (χ1) is 9.85. The normalized spacial score (nSPS) is 18.3. The molecular formula is C15H28N4S. The van der Waals surface area contributed by atoms with Crippen molar-refractivity contribution >= 4 is 11.8 Å². The second kappa shape index (κ2) is 8.67. The molecule has 4 nitrogen and oxygen atoms in total. The van der Waals surface area contributed by atoms with Crippen LogP contribution < -0.4 is 5.32 Å². The van der Waals surface area contributed by atoms with Gasteiger partial charge in [0.15, 0.2) is 0 Å². The van der Waals surface area contributed by atoms with E-state index in [2.05, 4.69) is 45.9 Å². The first-order valence-corrected chi connectivity index (χ1v) is 9.20. The summed E-state index contributed by atoms with van der Waals surface area (Å²) in [6.07, 6.45) is 8.20. The van der Waals surface area contributed by atoms with Gasteiger partial charge >= 0.3 is 0 Å². The number of hydrogen-bond acceptors (Lipinski definition) is 4. The number of aryl methyl sites for hydroxylation is 1. The lowest BCUT2D eigenvalue weighted by Gasteiger charge is -2.27. The van der Waals surface area contributed by atoms with E-state index in [1.807, 2.05) is 6.20 Å². The zero-order chi connectivity index (χ0) is 14.2. The fraction of sp³-hybridized carbons (Fsp3) is 0.867. The van der Waals surface area contributed by atoms with Crippen LogP contribution in [0.5, 0.6) is 0 Å². The minimum absolute atomic E-state index is 0.421. The van der Waals surface area contributed by atoms with Crippen molar-refractivity contribution in [2.24, 2.45) is 5.92 Å². The van der Waals surface area contributed by atoms with Crippen LogP contribution in [0, 0.1) is 5.92 Å². The van der Waals surface area contributed by atoms with Crippen LogP contribution in [0.2, 0.25) is 0 Å². The molecule has 1 saturated heterocycles. The van der Waals surface area contributed by atoms with E-state index >= 15 is 0 Å². The van der Waals surface area contributed by atoms with Gasteiger partial charge in [0.25, 0.3) is 0 Å². The molecule has 1 aliphatic heterocycles. The molecule has 0 radical (unpaired) electrons. The quantitative estimate of drug-likeness (QED) is 0.799. The van der Waals surface area contributed by atoms with Gasteiger partial charge in [-0.2, -0.15) is 11.8 Å². The van der Waals surface area contributed by atoms with Gasteiger partial charge < -0.3 is 5.32 Å². The van der Waals surface area contributed by atoms with Gasteiger partial charge in [0, 0.05) is 6.54 Å². The molecule has 114 valence electrons. The van der Waals surface area contributed by atoms with Gasteiger partial charge in [-0.1, -0.05) is 19.1 Å². The predicted octanol–water partition coefficient (Wildman–Crippen LogP) is 3.26. The molecule has 1 fully saturated rings. The van der Waals surface area contributed by atoms with E-state index in [1.165, 1.54) is 42.9 Å². The average molecular weight is 296 g/mol. The van der Waals surface area contributed by atoms with E-state index in [9.17, 15) is 0 Å². The molecule has 5 heteroatoms. The van der Waals surface area contributed by atoms with Crippen LogP contribution in [0.1, 0.15) is 57.7 Å². The predicted molar refractivity (Wildman–Crippen MR) is 86.0 cm³/mol. The Hall–Kier alpha value is -0.550. The summed E-state index contributed by atoms with van der Waals surface area (Å²) in [5, 5.41) is 12.1. The second-order valence-electron chi connectivity index (χ2n) is 5.68. The first-order valence-electron chi connectivity index (χ1n) is 8.04. The first kappa shape index (κ1) is 15.8. The summed E-state index contributed by atoms with van der Waals surface area (Å²) in [6, 6.07) is 0.421. The maximum Gasteiger partial charge on any atom is 0.0756 e. The number of rotatable bonds is 8. The largest absolute Gasteiger partial charge is 0.309 e. The summed E-state index contributed by atoms with van der Waals surface area (Å²) >= 11 is 2.10. The van der Waals surface area contributed by atoms with Crippen molar-refractivity contribution in [1.29, 1.82) is 0 Å². The lowest BCUT2D eigenvalue weighted by atomic mass is 9.93. The summed E-state index contributed by atoms with van der Waals surface area (Å²) < 4.78 is 2.09. The minimum atomic E-state index is 0.421. The van der Waals surface area contributed by atoms with Crippen molar-refractivity contribution in [3.63, 3.8) is 0 Å². The zero-order valence-corrected chi connectivity index (χ0v) is 13.7. The third-order valence-electron chi connectivity index (χ3n) is 3.99. The molecule has 0 amide bonds. The highest BCUT2D eigenvalue weighted by atomic mass is 32.2. The van der Waals surface area contributed by atoms with Crippen LogP contribution in [0.4, 0.5) is 0 Å². The summed E-state index contributed by atoms with van der Waals surface area (Å²) in [5.41, 5.74) is 1.28. The molecule has 1 N–H and O–H groups in total. The molecular weight excluding hydrogens is 268 g/mol. The lowest BCUT2D eigenvalue weighted by molar-refractivity contribution is 0.353. The number of thioether (sulfide) groups is 1. The molecule has 20 heavy (non-hydrogen) atoms. The highest BCUT2D eigenvalue weighted by Crippen LogP contribution is 2.30. The molecule has 1 aromatic heterocycles. The average Bonchev–Trinajstić information content (AvgIpc) is 2.93. The molecule has 1 atom stereocenters. The lowest BCUT2D eigenvalue weighted by Crippen LogP contribution is -2.28. The number of aromatic nitrogens is 3. The van der Waals surface area contributed by atoms with Gasteiger partial charge in [-0.25, -0.2) is 4.68 Å². The van der Waals surface area contributed by atoms with Gasteiger partial charge in [0.2, 0.25) is 0 Å².